The van der Waals surface area contributed by atoms with Crippen LogP contribution in [0.4, 0.5) is 0 Å². The van der Waals surface area contributed by atoms with Crippen LogP contribution < -0.4 is 4.74 Å². The van der Waals surface area contributed by atoms with Crippen LogP contribution in [0.5, 0.6) is 5.75 Å². The van der Waals surface area contributed by atoms with E-state index in [0.717, 1.165) is 23.8 Å². The van der Waals surface area contributed by atoms with Gasteiger partial charge in [-0.05, 0) is 35.6 Å². The number of alkyl halides is 1. The van der Waals surface area contributed by atoms with Crippen LogP contribution in [0, 0.1) is 5.92 Å². The normalized spacial score (nSPS) is 15.1. The number of hydrogen-bond donors (Lipinski definition) is 0. The van der Waals surface area contributed by atoms with E-state index in [-0.39, 0.29) is 0 Å². The van der Waals surface area contributed by atoms with Crippen molar-refractivity contribution in [3.63, 3.8) is 0 Å². The molecular weight excluding hydrogens is 232 g/mol. The van der Waals surface area contributed by atoms with Crippen molar-refractivity contribution in [3.8, 4) is 5.75 Å². The highest BCUT2D eigenvalue weighted by molar-refractivity contribution is 6.18. The van der Waals surface area contributed by atoms with E-state index in [2.05, 4.69) is 18.2 Å². The summed E-state index contributed by atoms with van der Waals surface area (Å²) in [5.74, 6) is 2.22. The van der Waals surface area contributed by atoms with Gasteiger partial charge >= 0.3 is 0 Å². The monoisotopic (exact) mass is 246 g/mol. The second-order valence-corrected chi connectivity index (χ2v) is 4.92. The van der Waals surface area contributed by atoms with E-state index in [1.807, 2.05) is 18.2 Å². The van der Waals surface area contributed by atoms with Crippen LogP contribution in [-0.2, 0) is 5.88 Å². The number of benzene rings is 2. The molecule has 0 saturated heterocycles. The van der Waals surface area contributed by atoms with Crippen LogP contribution in [0.1, 0.15) is 18.4 Å². The van der Waals surface area contributed by atoms with Gasteiger partial charge < -0.3 is 4.74 Å². The van der Waals surface area contributed by atoms with Gasteiger partial charge in [-0.2, -0.15) is 0 Å². The summed E-state index contributed by atoms with van der Waals surface area (Å²) in [5.41, 5.74) is 1.12. The van der Waals surface area contributed by atoms with Crippen molar-refractivity contribution in [2.45, 2.75) is 18.7 Å². The zero-order valence-corrected chi connectivity index (χ0v) is 10.4. The van der Waals surface area contributed by atoms with Gasteiger partial charge in [-0.15, -0.1) is 11.6 Å². The Morgan fingerprint density at radius 3 is 2.71 bits per heavy atom. The van der Waals surface area contributed by atoms with Gasteiger partial charge in [0, 0.05) is 5.56 Å². The zero-order valence-electron chi connectivity index (χ0n) is 9.66. The molecule has 3 rings (SSSR count). The van der Waals surface area contributed by atoms with Gasteiger partial charge in [0.1, 0.15) is 5.75 Å². The highest BCUT2D eigenvalue weighted by Gasteiger charge is 2.22. The molecule has 17 heavy (non-hydrogen) atoms. The lowest BCUT2D eigenvalue weighted by Crippen LogP contribution is -2.01. The molecule has 0 unspecified atom stereocenters. The van der Waals surface area contributed by atoms with Gasteiger partial charge in [-0.1, -0.05) is 30.3 Å². The first-order chi connectivity index (χ1) is 8.38. The zero-order chi connectivity index (χ0) is 11.7. The van der Waals surface area contributed by atoms with Crippen molar-refractivity contribution in [2.24, 2.45) is 5.92 Å². The fraction of sp³-hybridized carbons (Fsp3) is 0.333. The first-order valence-corrected chi connectivity index (χ1v) is 6.61. The van der Waals surface area contributed by atoms with Gasteiger partial charge in [0.15, 0.2) is 0 Å². The number of fused-ring (bicyclic) bond motifs is 1. The molecule has 0 aliphatic heterocycles. The van der Waals surface area contributed by atoms with Gasteiger partial charge in [0.05, 0.1) is 12.5 Å². The SMILES string of the molecule is ClCc1c(OCC2CC2)ccc2ccccc12. The van der Waals surface area contributed by atoms with E-state index >= 15 is 0 Å². The Hall–Kier alpha value is -1.21. The fourth-order valence-corrected chi connectivity index (χ4v) is 2.36. The molecular formula is C15H15ClO. The van der Waals surface area contributed by atoms with Gasteiger partial charge in [-0.25, -0.2) is 0 Å². The highest BCUT2D eigenvalue weighted by Crippen LogP contribution is 2.33. The van der Waals surface area contributed by atoms with E-state index in [1.54, 1.807) is 0 Å². The quantitative estimate of drug-likeness (QED) is 0.728. The van der Waals surface area contributed by atoms with Crippen LogP contribution >= 0.6 is 11.6 Å². The number of halogens is 1. The minimum absolute atomic E-state index is 0.501. The Morgan fingerprint density at radius 2 is 1.94 bits per heavy atom. The maximum absolute atomic E-state index is 6.06. The summed E-state index contributed by atoms with van der Waals surface area (Å²) in [6.07, 6.45) is 2.62. The van der Waals surface area contributed by atoms with Crippen LogP contribution in [0.2, 0.25) is 0 Å². The Kier molecular flexibility index (Phi) is 2.94. The van der Waals surface area contributed by atoms with Gasteiger partial charge in [-0.3, -0.25) is 0 Å². The third kappa shape index (κ3) is 2.25. The summed E-state index contributed by atoms with van der Waals surface area (Å²) in [6, 6.07) is 12.5. The Morgan fingerprint density at radius 1 is 1.12 bits per heavy atom. The Labute approximate surface area is 106 Å². The molecule has 1 aliphatic carbocycles. The number of rotatable bonds is 4. The molecule has 1 nitrogen and oxygen atoms in total. The van der Waals surface area contributed by atoms with Crippen LogP contribution in [-0.4, -0.2) is 6.61 Å². The maximum atomic E-state index is 6.06. The molecule has 1 fully saturated rings. The largest absolute Gasteiger partial charge is 0.493 e. The molecule has 2 heteroatoms. The summed E-state index contributed by atoms with van der Waals surface area (Å²) in [5, 5.41) is 2.43. The third-order valence-electron chi connectivity index (χ3n) is 3.30. The van der Waals surface area contributed by atoms with Crippen molar-refractivity contribution in [3.05, 3.63) is 42.0 Å². The van der Waals surface area contributed by atoms with E-state index < -0.39 is 0 Å². The maximum Gasteiger partial charge on any atom is 0.124 e. The van der Waals surface area contributed by atoms with E-state index in [4.69, 9.17) is 16.3 Å². The Bertz CT molecular complexity index is 531. The lowest BCUT2D eigenvalue weighted by molar-refractivity contribution is 0.298. The highest BCUT2D eigenvalue weighted by atomic mass is 35.5. The van der Waals surface area contributed by atoms with Crippen molar-refractivity contribution in [2.75, 3.05) is 6.61 Å². The smallest absolute Gasteiger partial charge is 0.124 e. The first kappa shape index (κ1) is 10.9. The predicted octanol–water partition coefficient (Wildman–Crippen LogP) is 4.37. The topological polar surface area (TPSA) is 9.23 Å². The molecule has 0 spiro atoms. The minimum atomic E-state index is 0.501. The molecule has 0 bridgehead atoms. The molecule has 1 saturated carbocycles. The average molecular weight is 247 g/mol. The van der Waals surface area contributed by atoms with Gasteiger partial charge in [0.25, 0.3) is 0 Å². The molecule has 0 N–H and O–H groups in total. The lowest BCUT2D eigenvalue weighted by atomic mass is 10.0. The fourth-order valence-electron chi connectivity index (χ4n) is 2.08. The summed E-state index contributed by atoms with van der Waals surface area (Å²) in [4.78, 5) is 0. The summed E-state index contributed by atoms with van der Waals surface area (Å²) >= 11 is 6.06. The molecule has 0 atom stereocenters. The first-order valence-electron chi connectivity index (χ1n) is 6.08. The molecule has 2 aromatic rings. The second kappa shape index (κ2) is 4.58. The van der Waals surface area contributed by atoms with E-state index in [0.29, 0.717) is 5.88 Å². The molecule has 0 amide bonds. The number of hydrogen-bond acceptors (Lipinski definition) is 1. The van der Waals surface area contributed by atoms with E-state index in [1.165, 1.54) is 23.6 Å². The van der Waals surface area contributed by atoms with Crippen molar-refractivity contribution in [1.82, 2.24) is 0 Å². The summed E-state index contributed by atoms with van der Waals surface area (Å²) in [6.45, 7) is 0.836. The molecule has 2 aromatic carbocycles. The predicted molar refractivity (Wildman–Crippen MR) is 71.7 cm³/mol. The Balaban J connectivity index is 1.98. The van der Waals surface area contributed by atoms with Crippen LogP contribution in [0.15, 0.2) is 36.4 Å². The van der Waals surface area contributed by atoms with E-state index in [9.17, 15) is 0 Å². The molecule has 0 radical (unpaired) electrons. The van der Waals surface area contributed by atoms with Crippen molar-refractivity contribution >= 4 is 22.4 Å². The van der Waals surface area contributed by atoms with Crippen LogP contribution in [0.25, 0.3) is 10.8 Å². The lowest BCUT2D eigenvalue weighted by Gasteiger charge is -2.12. The van der Waals surface area contributed by atoms with Crippen LogP contribution in [0.3, 0.4) is 0 Å². The molecule has 88 valence electrons. The third-order valence-corrected chi connectivity index (χ3v) is 3.57. The second-order valence-electron chi connectivity index (χ2n) is 4.65. The summed E-state index contributed by atoms with van der Waals surface area (Å²) in [7, 11) is 0. The standard InChI is InChI=1S/C15H15ClO/c16-9-14-13-4-2-1-3-12(13)7-8-15(14)17-10-11-5-6-11/h1-4,7-8,11H,5-6,9-10H2. The number of ether oxygens (including phenoxy) is 1. The minimum Gasteiger partial charge on any atom is -0.493 e. The average Bonchev–Trinajstić information content (AvgIpc) is 3.19. The molecule has 0 aromatic heterocycles. The van der Waals surface area contributed by atoms with Crippen molar-refractivity contribution in [1.29, 1.82) is 0 Å². The molecule has 0 heterocycles. The van der Waals surface area contributed by atoms with Crippen molar-refractivity contribution < 1.29 is 4.74 Å². The van der Waals surface area contributed by atoms with Gasteiger partial charge in [0.2, 0.25) is 0 Å². The molecule has 1 aliphatic rings. The summed E-state index contributed by atoms with van der Waals surface area (Å²) < 4.78 is 5.88.